The first-order valence-corrected chi connectivity index (χ1v) is 3.75. The quantitative estimate of drug-likeness (QED) is 0.505. The first kappa shape index (κ1) is 6.16. The Bertz CT molecular complexity index is 169. The summed E-state index contributed by atoms with van der Waals surface area (Å²) in [4.78, 5) is 12.8. The van der Waals surface area contributed by atoms with Crippen molar-refractivity contribution in [2.45, 2.75) is 31.4 Å². The average molecular weight is 141 g/mol. The van der Waals surface area contributed by atoms with Crippen molar-refractivity contribution in [3.05, 3.63) is 0 Å². The number of aliphatic hydroxyl groups excluding tert-OH is 1. The van der Waals surface area contributed by atoms with Gasteiger partial charge in [0.2, 0.25) is 5.91 Å². The molecule has 3 heteroatoms. The maximum atomic E-state index is 11.0. The molecule has 1 amide bonds. The second-order valence-electron chi connectivity index (χ2n) is 3.13. The summed E-state index contributed by atoms with van der Waals surface area (Å²) < 4.78 is 0. The number of hydrogen-bond donors (Lipinski definition) is 1. The minimum Gasteiger partial charge on any atom is -0.391 e. The van der Waals surface area contributed by atoms with E-state index in [1.165, 1.54) is 0 Å². The van der Waals surface area contributed by atoms with Crippen LogP contribution in [0.25, 0.3) is 0 Å². The predicted octanol–water partition coefficient (Wildman–Crippen LogP) is -0.258. The fraction of sp³-hybridized carbons (Fsp3) is 0.857. The van der Waals surface area contributed by atoms with E-state index >= 15 is 0 Å². The van der Waals surface area contributed by atoms with Crippen molar-refractivity contribution in [3.63, 3.8) is 0 Å². The van der Waals surface area contributed by atoms with Crippen LogP contribution in [0.1, 0.15) is 19.3 Å². The third-order valence-corrected chi connectivity index (χ3v) is 2.40. The van der Waals surface area contributed by atoms with Gasteiger partial charge in [-0.25, -0.2) is 0 Å². The number of carbonyl (C=O) groups excluding carboxylic acids is 1. The van der Waals surface area contributed by atoms with Gasteiger partial charge in [-0.3, -0.25) is 4.79 Å². The van der Waals surface area contributed by atoms with Crippen LogP contribution in [0.2, 0.25) is 0 Å². The zero-order valence-corrected chi connectivity index (χ0v) is 5.79. The standard InChI is InChI=1S/C7H11NO2/c9-6-3-5-1-2-7(10)8(5)4-6/h5-6,9H,1-4H2/t5-,6-/m0/s1. The first-order chi connectivity index (χ1) is 4.77. The number of fused-ring (bicyclic) bond motifs is 1. The van der Waals surface area contributed by atoms with Crippen LogP contribution in [-0.4, -0.2) is 34.6 Å². The molecule has 0 saturated carbocycles. The lowest BCUT2D eigenvalue weighted by atomic mass is 10.1. The van der Waals surface area contributed by atoms with Crippen molar-refractivity contribution >= 4 is 5.91 Å². The molecule has 0 aromatic rings. The SMILES string of the molecule is O=C1CC[C@H]2C[C@H](O)CN12. The molecule has 0 unspecified atom stereocenters. The molecule has 2 rings (SSSR count). The molecule has 0 spiro atoms. The van der Waals surface area contributed by atoms with Crippen molar-refractivity contribution in [1.82, 2.24) is 4.90 Å². The second kappa shape index (κ2) is 1.95. The molecule has 3 nitrogen and oxygen atoms in total. The molecule has 2 heterocycles. The topological polar surface area (TPSA) is 40.5 Å². The van der Waals surface area contributed by atoms with E-state index in [-0.39, 0.29) is 12.0 Å². The summed E-state index contributed by atoms with van der Waals surface area (Å²) in [7, 11) is 0. The summed E-state index contributed by atoms with van der Waals surface area (Å²) in [5.74, 6) is 0.224. The molecule has 56 valence electrons. The van der Waals surface area contributed by atoms with Gasteiger partial charge in [0.15, 0.2) is 0 Å². The van der Waals surface area contributed by atoms with Crippen LogP contribution in [0.5, 0.6) is 0 Å². The fourth-order valence-electron chi connectivity index (χ4n) is 1.90. The van der Waals surface area contributed by atoms with Gasteiger partial charge in [0, 0.05) is 19.0 Å². The number of nitrogens with zero attached hydrogens (tertiary/aromatic N) is 1. The summed E-state index contributed by atoms with van der Waals surface area (Å²) >= 11 is 0. The van der Waals surface area contributed by atoms with Crippen molar-refractivity contribution < 1.29 is 9.90 Å². The maximum absolute atomic E-state index is 11.0. The Hall–Kier alpha value is -0.570. The highest BCUT2D eigenvalue weighted by Gasteiger charge is 2.38. The van der Waals surface area contributed by atoms with E-state index in [0.29, 0.717) is 19.0 Å². The lowest BCUT2D eigenvalue weighted by molar-refractivity contribution is -0.128. The molecule has 0 aromatic heterocycles. The van der Waals surface area contributed by atoms with Gasteiger partial charge in [0.25, 0.3) is 0 Å². The number of carbonyl (C=O) groups is 1. The monoisotopic (exact) mass is 141 g/mol. The summed E-state index contributed by atoms with van der Waals surface area (Å²) in [6.07, 6.45) is 2.19. The predicted molar refractivity (Wildman–Crippen MR) is 35.4 cm³/mol. The molecule has 0 bridgehead atoms. The molecule has 0 aliphatic carbocycles. The Morgan fingerprint density at radius 1 is 1.60 bits per heavy atom. The van der Waals surface area contributed by atoms with Gasteiger partial charge in [0.05, 0.1) is 6.10 Å². The Morgan fingerprint density at radius 3 is 3.10 bits per heavy atom. The molecule has 2 atom stereocenters. The third-order valence-electron chi connectivity index (χ3n) is 2.40. The zero-order valence-electron chi connectivity index (χ0n) is 5.79. The van der Waals surface area contributed by atoms with Gasteiger partial charge >= 0.3 is 0 Å². The van der Waals surface area contributed by atoms with E-state index in [1.54, 1.807) is 0 Å². The molecule has 1 N–H and O–H groups in total. The minimum absolute atomic E-state index is 0.224. The highest BCUT2D eigenvalue weighted by molar-refractivity contribution is 5.79. The van der Waals surface area contributed by atoms with Crippen LogP contribution in [0.4, 0.5) is 0 Å². The van der Waals surface area contributed by atoms with Crippen LogP contribution in [-0.2, 0) is 4.79 Å². The summed E-state index contributed by atoms with van der Waals surface area (Å²) in [6, 6.07) is 0.363. The Balaban J connectivity index is 2.12. The largest absolute Gasteiger partial charge is 0.391 e. The summed E-state index contributed by atoms with van der Waals surface area (Å²) in [6.45, 7) is 0.573. The van der Waals surface area contributed by atoms with E-state index in [0.717, 1.165) is 12.8 Å². The molecular formula is C7H11NO2. The molecule has 10 heavy (non-hydrogen) atoms. The Kier molecular flexibility index (Phi) is 1.20. The van der Waals surface area contributed by atoms with Gasteiger partial charge < -0.3 is 10.0 Å². The van der Waals surface area contributed by atoms with Crippen LogP contribution in [0.15, 0.2) is 0 Å². The summed E-state index contributed by atoms with van der Waals surface area (Å²) in [5.41, 5.74) is 0. The third kappa shape index (κ3) is 0.736. The van der Waals surface area contributed by atoms with Crippen LogP contribution >= 0.6 is 0 Å². The average Bonchev–Trinajstić information content (AvgIpc) is 2.35. The number of hydrogen-bond acceptors (Lipinski definition) is 2. The second-order valence-corrected chi connectivity index (χ2v) is 3.13. The molecular weight excluding hydrogens is 130 g/mol. The molecule has 2 fully saturated rings. The number of rotatable bonds is 0. The first-order valence-electron chi connectivity index (χ1n) is 3.75. The highest BCUT2D eigenvalue weighted by atomic mass is 16.3. The molecule has 2 saturated heterocycles. The molecule has 0 radical (unpaired) electrons. The minimum atomic E-state index is -0.255. The smallest absolute Gasteiger partial charge is 0.222 e. The van der Waals surface area contributed by atoms with Gasteiger partial charge in [-0.1, -0.05) is 0 Å². The molecule has 2 aliphatic rings. The van der Waals surface area contributed by atoms with Crippen LogP contribution in [0.3, 0.4) is 0 Å². The Morgan fingerprint density at radius 2 is 2.40 bits per heavy atom. The maximum Gasteiger partial charge on any atom is 0.222 e. The van der Waals surface area contributed by atoms with Crippen molar-refractivity contribution in [3.8, 4) is 0 Å². The van der Waals surface area contributed by atoms with Crippen LogP contribution < -0.4 is 0 Å². The zero-order chi connectivity index (χ0) is 7.14. The lowest BCUT2D eigenvalue weighted by Gasteiger charge is -2.13. The van der Waals surface area contributed by atoms with E-state index < -0.39 is 0 Å². The van der Waals surface area contributed by atoms with E-state index in [4.69, 9.17) is 5.11 Å². The Labute approximate surface area is 59.6 Å². The number of amides is 1. The molecule has 2 aliphatic heterocycles. The lowest BCUT2D eigenvalue weighted by Crippen LogP contribution is -2.27. The van der Waals surface area contributed by atoms with Crippen molar-refractivity contribution in [2.24, 2.45) is 0 Å². The van der Waals surface area contributed by atoms with E-state index in [1.807, 2.05) is 4.90 Å². The summed E-state index contributed by atoms with van der Waals surface area (Å²) in [5, 5.41) is 9.16. The van der Waals surface area contributed by atoms with Crippen LogP contribution in [0, 0.1) is 0 Å². The van der Waals surface area contributed by atoms with Gasteiger partial charge in [-0.15, -0.1) is 0 Å². The fourth-order valence-corrected chi connectivity index (χ4v) is 1.90. The highest BCUT2D eigenvalue weighted by Crippen LogP contribution is 2.28. The number of aliphatic hydroxyl groups is 1. The van der Waals surface area contributed by atoms with Crippen molar-refractivity contribution in [1.29, 1.82) is 0 Å². The normalized spacial score (nSPS) is 38.9. The van der Waals surface area contributed by atoms with Gasteiger partial charge in [-0.05, 0) is 12.8 Å². The van der Waals surface area contributed by atoms with Gasteiger partial charge in [-0.2, -0.15) is 0 Å². The van der Waals surface area contributed by atoms with Crippen molar-refractivity contribution in [2.75, 3.05) is 6.54 Å². The van der Waals surface area contributed by atoms with Gasteiger partial charge in [0.1, 0.15) is 0 Å². The van der Waals surface area contributed by atoms with E-state index in [2.05, 4.69) is 0 Å². The molecule has 0 aromatic carbocycles. The van der Waals surface area contributed by atoms with E-state index in [9.17, 15) is 4.79 Å².